The molecule has 0 heterocycles. The van der Waals surface area contributed by atoms with E-state index in [0.717, 1.165) is 0 Å². The number of ketones is 1. The van der Waals surface area contributed by atoms with Crippen molar-refractivity contribution in [3.05, 3.63) is 65.7 Å². The lowest BCUT2D eigenvalue weighted by molar-refractivity contribution is -0.133. The molecule has 0 fully saturated rings. The molecule has 0 aliphatic rings. The van der Waals surface area contributed by atoms with Gasteiger partial charge in [-0.05, 0) is 24.3 Å². The van der Waals surface area contributed by atoms with E-state index < -0.39 is 0 Å². The van der Waals surface area contributed by atoms with Crippen molar-refractivity contribution in [3.63, 3.8) is 0 Å². The molecule has 0 spiro atoms. The highest BCUT2D eigenvalue weighted by Gasteiger charge is 2.09. The highest BCUT2D eigenvalue weighted by molar-refractivity contribution is 6.18. The Kier molecular flexibility index (Phi) is 4.91. The molecule has 0 radical (unpaired) electrons. The Labute approximate surface area is 122 Å². The van der Waals surface area contributed by atoms with Gasteiger partial charge in [0, 0.05) is 17.0 Å². The molecule has 20 heavy (non-hydrogen) atoms. The first-order valence-electron chi connectivity index (χ1n) is 6.17. The number of carbonyl (C=O) groups excluding carboxylic acids is 2. The Morgan fingerprint density at radius 1 is 0.900 bits per heavy atom. The molecule has 0 saturated carbocycles. The standard InChI is InChI=1S/C16H13ClO3/c17-11-10-15(18)20-14-8-6-13(7-9-14)16(19)12-4-2-1-3-5-12/h1-9H,10-11H2. The molecule has 0 N–H and O–H groups in total. The minimum Gasteiger partial charge on any atom is -0.426 e. The van der Waals surface area contributed by atoms with E-state index in [2.05, 4.69) is 0 Å². The number of esters is 1. The summed E-state index contributed by atoms with van der Waals surface area (Å²) in [6.45, 7) is 0. The lowest BCUT2D eigenvalue weighted by atomic mass is 10.0. The maximum Gasteiger partial charge on any atom is 0.312 e. The van der Waals surface area contributed by atoms with Crippen LogP contribution in [0.15, 0.2) is 54.6 Å². The van der Waals surface area contributed by atoms with E-state index in [1.807, 2.05) is 18.2 Å². The van der Waals surface area contributed by atoms with Crippen LogP contribution in [0.4, 0.5) is 0 Å². The molecule has 0 aliphatic heterocycles. The lowest BCUT2D eigenvalue weighted by Gasteiger charge is -2.05. The van der Waals surface area contributed by atoms with E-state index in [-0.39, 0.29) is 24.1 Å². The van der Waals surface area contributed by atoms with Crippen LogP contribution in [0.5, 0.6) is 5.75 Å². The number of alkyl halides is 1. The average molecular weight is 289 g/mol. The van der Waals surface area contributed by atoms with Gasteiger partial charge in [-0.1, -0.05) is 30.3 Å². The van der Waals surface area contributed by atoms with Gasteiger partial charge in [0.25, 0.3) is 0 Å². The van der Waals surface area contributed by atoms with Crippen molar-refractivity contribution < 1.29 is 14.3 Å². The smallest absolute Gasteiger partial charge is 0.312 e. The Bertz CT molecular complexity index is 591. The molecule has 0 amide bonds. The average Bonchev–Trinajstić information content (AvgIpc) is 2.48. The lowest BCUT2D eigenvalue weighted by Crippen LogP contribution is -2.08. The maximum absolute atomic E-state index is 12.2. The van der Waals surface area contributed by atoms with Crippen LogP contribution in [0, 0.1) is 0 Å². The highest BCUT2D eigenvalue weighted by atomic mass is 35.5. The predicted molar refractivity (Wildman–Crippen MR) is 77.3 cm³/mol. The highest BCUT2D eigenvalue weighted by Crippen LogP contribution is 2.16. The van der Waals surface area contributed by atoms with Crippen LogP contribution in [0.3, 0.4) is 0 Å². The van der Waals surface area contributed by atoms with Crippen molar-refractivity contribution in [1.29, 1.82) is 0 Å². The van der Waals surface area contributed by atoms with Gasteiger partial charge in [0.2, 0.25) is 0 Å². The van der Waals surface area contributed by atoms with E-state index >= 15 is 0 Å². The second kappa shape index (κ2) is 6.87. The third-order valence-electron chi connectivity index (χ3n) is 2.68. The number of rotatable bonds is 5. The van der Waals surface area contributed by atoms with Crippen LogP contribution >= 0.6 is 11.6 Å². The van der Waals surface area contributed by atoms with Crippen LogP contribution in [0.1, 0.15) is 22.3 Å². The first-order chi connectivity index (χ1) is 9.70. The van der Waals surface area contributed by atoms with Gasteiger partial charge >= 0.3 is 5.97 Å². The van der Waals surface area contributed by atoms with Gasteiger partial charge in [-0.15, -0.1) is 11.6 Å². The molecule has 0 saturated heterocycles. The summed E-state index contributed by atoms with van der Waals surface area (Å²) in [4.78, 5) is 23.4. The van der Waals surface area contributed by atoms with Crippen molar-refractivity contribution in [3.8, 4) is 5.75 Å². The quantitative estimate of drug-likeness (QED) is 0.366. The minimum atomic E-state index is -0.387. The van der Waals surface area contributed by atoms with E-state index in [9.17, 15) is 9.59 Å². The van der Waals surface area contributed by atoms with Gasteiger partial charge in [0.05, 0.1) is 6.42 Å². The van der Waals surface area contributed by atoms with E-state index in [1.165, 1.54) is 0 Å². The van der Waals surface area contributed by atoms with Crippen molar-refractivity contribution >= 4 is 23.4 Å². The van der Waals surface area contributed by atoms with E-state index in [0.29, 0.717) is 16.9 Å². The fourth-order valence-corrected chi connectivity index (χ4v) is 1.84. The van der Waals surface area contributed by atoms with Crippen molar-refractivity contribution in [2.75, 3.05) is 5.88 Å². The Morgan fingerprint density at radius 2 is 1.50 bits per heavy atom. The van der Waals surface area contributed by atoms with Crippen molar-refractivity contribution in [2.45, 2.75) is 6.42 Å². The van der Waals surface area contributed by atoms with E-state index in [1.54, 1.807) is 36.4 Å². The summed E-state index contributed by atoms with van der Waals surface area (Å²) >= 11 is 5.45. The van der Waals surface area contributed by atoms with E-state index in [4.69, 9.17) is 16.3 Å². The van der Waals surface area contributed by atoms with Gasteiger partial charge in [-0.2, -0.15) is 0 Å². The molecule has 0 aliphatic carbocycles. The van der Waals surface area contributed by atoms with Crippen LogP contribution in [-0.4, -0.2) is 17.6 Å². The summed E-state index contributed by atoms with van der Waals surface area (Å²) < 4.78 is 5.06. The number of ether oxygens (including phenoxy) is 1. The first-order valence-corrected chi connectivity index (χ1v) is 6.70. The zero-order valence-corrected chi connectivity index (χ0v) is 11.5. The zero-order valence-electron chi connectivity index (χ0n) is 10.7. The molecule has 0 unspecified atom stereocenters. The summed E-state index contributed by atoms with van der Waals surface area (Å²) in [5.74, 6) is 0.180. The molecule has 0 bridgehead atoms. The van der Waals surface area contributed by atoms with Crippen LogP contribution in [0.25, 0.3) is 0 Å². The number of hydrogen-bond donors (Lipinski definition) is 0. The molecule has 0 atom stereocenters. The third-order valence-corrected chi connectivity index (χ3v) is 2.87. The minimum absolute atomic E-state index is 0.0655. The number of carbonyl (C=O) groups is 2. The van der Waals surface area contributed by atoms with Gasteiger partial charge in [0.1, 0.15) is 5.75 Å². The van der Waals surface area contributed by atoms with Gasteiger partial charge in [0.15, 0.2) is 5.78 Å². The summed E-state index contributed by atoms with van der Waals surface area (Å²) in [6.07, 6.45) is 0.159. The fourth-order valence-electron chi connectivity index (χ4n) is 1.69. The summed E-state index contributed by atoms with van der Waals surface area (Å²) in [7, 11) is 0. The maximum atomic E-state index is 12.2. The summed E-state index contributed by atoms with van der Waals surface area (Å²) in [5, 5.41) is 0. The normalized spacial score (nSPS) is 10.1. The first kappa shape index (κ1) is 14.3. The number of hydrogen-bond acceptors (Lipinski definition) is 3. The second-order valence-corrected chi connectivity index (χ2v) is 4.51. The third kappa shape index (κ3) is 3.68. The second-order valence-electron chi connectivity index (χ2n) is 4.13. The molecule has 4 heteroatoms. The Balaban J connectivity index is 2.08. The molecular formula is C16H13ClO3. The number of halogens is 1. The van der Waals surface area contributed by atoms with Gasteiger partial charge in [-0.3, -0.25) is 9.59 Å². The fraction of sp³-hybridized carbons (Fsp3) is 0.125. The van der Waals surface area contributed by atoms with Crippen molar-refractivity contribution in [2.24, 2.45) is 0 Å². The molecule has 2 aromatic carbocycles. The molecule has 2 aromatic rings. The summed E-state index contributed by atoms with van der Waals surface area (Å²) in [5.41, 5.74) is 1.17. The molecular weight excluding hydrogens is 276 g/mol. The summed E-state index contributed by atoms with van der Waals surface area (Å²) in [6, 6.07) is 15.5. The van der Waals surface area contributed by atoms with Gasteiger partial charge in [-0.25, -0.2) is 0 Å². The topological polar surface area (TPSA) is 43.4 Å². The largest absolute Gasteiger partial charge is 0.426 e. The number of benzene rings is 2. The molecule has 102 valence electrons. The Hall–Kier alpha value is -2.13. The van der Waals surface area contributed by atoms with Crippen LogP contribution in [0.2, 0.25) is 0 Å². The predicted octanol–water partition coefficient (Wildman–Crippen LogP) is 3.45. The van der Waals surface area contributed by atoms with Gasteiger partial charge < -0.3 is 4.74 Å². The molecule has 3 nitrogen and oxygen atoms in total. The monoisotopic (exact) mass is 288 g/mol. The molecule has 0 aromatic heterocycles. The van der Waals surface area contributed by atoms with Crippen LogP contribution in [-0.2, 0) is 4.79 Å². The van der Waals surface area contributed by atoms with Crippen molar-refractivity contribution in [1.82, 2.24) is 0 Å². The zero-order chi connectivity index (χ0) is 14.4. The van der Waals surface area contributed by atoms with Crippen LogP contribution < -0.4 is 4.74 Å². The molecule has 2 rings (SSSR count). The Morgan fingerprint density at radius 3 is 2.10 bits per heavy atom. The SMILES string of the molecule is O=C(CCCl)Oc1ccc(C(=O)c2ccccc2)cc1.